The third kappa shape index (κ3) is 3.21. The van der Waals surface area contributed by atoms with Gasteiger partial charge in [-0.15, -0.1) is 0 Å². The molecule has 1 aliphatic heterocycles. The normalized spacial score (nSPS) is 17.0. The summed E-state index contributed by atoms with van der Waals surface area (Å²) in [6.45, 7) is 0.506. The first kappa shape index (κ1) is 15.3. The van der Waals surface area contributed by atoms with Crippen molar-refractivity contribution >= 4 is 5.91 Å². The van der Waals surface area contributed by atoms with Gasteiger partial charge in [0.1, 0.15) is 18.4 Å². The van der Waals surface area contributed by atoms with Crippen molar-refractivity contribution in [3.05, 3.63) is 66.9 Å². The molecule has 7 heteroatoms. The van der Waals surface area contributed by atoms with Crippen LogP contribution in [0.25, 0.3) is 0 Å². The maximum absolute atomic E-state index is 12.5. The van der Waals surface area contributed by atoms with Crippen LogP contribution in [0.4, 0.5) is 0 Å². The number of nitrogens with one attached hydrogen (secondary N) is 1. The van der Waals surface area contributed by atoms with Crippen LogP contribution in [-0.2, 0) is 4.79 Å². The summed E-state index contributed by atoms with van der Waals surface area (Å²) in [5, 5.41) is 7.14. The molecule has 3 aromatic rings. The summed E-state index contributed by atoms with van der Waals surface area (Å²) in [6, 6.07) is 12.6. The topological polar surface area (TPSA) is 78.5 Å². The molecule has 2 aromatic heterocycles. The van der Waals surface area contributed by atoms with Crippen LogP contribution < -0.4 is 14.8 Å². The fourth-order valence-electron chi connectivity index (χ4n) is 2.73. The standard InChI is InChI=1S/C18H17N3O4/c22-18(17-12-24-15-5-1-2-6-16(15)25-17)19-11-13(14-7-3-10-23-14)21-9-4-8-20-21/h1-10,13,17H,11-12H2,(H,19,22)/t13-,17+/m0/s1. The molecule has 2 atom stereocenters. The van der Waals surface area contributed by atoms with E-state index in [9.17, 15) is 4.79 Å². The number of nitrogens with zero attached hydrogens (tertiary/aromatic N) is 2. The molecule has 128 valence electrons. The van der Waals surface area contributed by atoms with E-state index in [1.807, 2.05) is 42.6 Å². The van der Waals surface area contributed by atoms with Crippen molar-refractivity contribution in [2.24, 2.45) is 0 Å². The fraction of sp³-hybridized carbons (Fsp3) is 0.222. The number of benzene rings is 1. The molecular formula is C18H17N3O4. The van der Waals surface area contributed by atoms with Gasteiger partial charge in [0.2, 0.25) is 6.10 Å². The van der Waals surface area contributed by atoms with Crippen molar-refractivity contribution in [2.75, 3.05) is 13.2 Å². The van der Waals surface area contributed by atoms with Gasteiger partial charge in [-0.2, -0.15) is 5.10 Å². The maximum Gasteiger partial charge on any atom is 0.264 e. The minimum Gasteiger partial charge on any atom is -0.485 e. The number of carbonyl (C=O) groups is 1. The monoisotopic (exact) mass is 339 g/mol. The highest BCUT2D eigenvalue weighted by Gasteiger charge is 2.28. The Balaban J connectivity index is 1.42. The molecule has 3 heterocycles. The van der Waals surface area contributed by atoms with Crippen molar-refractivity contribution in [1.82, 2.24) is 15.1 Å². The molecule has 1 aliphatic rings. The van der Waals surface area contributed by atoms with E-state index in [0.717, 1.165) is 5.76 Å². The number of aromatic nitrogens is 2. The summed E-state index contributed by atoms with van der Waals surface area (Å²) < 4.78 is 18.5. The zero-order valence-electron chi connectivity index (χ0n) is 13.4. The van der Waals surface area contributed by atoms with Gasteiger partial charge in [0.25, 0.3) is 5.91 Å². The van der Waals surface area contributed by atoms with E-state index in [4.69, 9.17) is 13.9 Å². The van der Waals surface area contributed by atoms with Crippen molar-refractivity contribution in [3.63, 3.8) is 0 Å². The Morgan fingerprint density at radius 1 is 1.24 bits per heavy atom. The number of furan rings is 1. The number of amides is 1. The largest absolute Gasteiger partial charge is 0.485 e. The van der Waals surface area contributed by atoms with Gasteiger partial charge in [-0.25, -0.2) is 0 Å². The Morgan fingerprint density at radius 3 is 2.88 bits per heavy atom. The van der Waals surface area contributed by atoms with Gasteiger partial charge >= 0.3 is 0 Å². The summed E-state index contributed by atoms with van der Waals surface area (Å²) in [6.07, 6.45) is 4.43. The lowest BCUT2D eigenvalue weighted by molar-refractivity contribution is -0.130. The lowest BCUT2D eigenvalue weighted by Gasteiger charge is -2.26. The first-order valence-corrected chi connectivity index (χ1v) is 8.00. The SMILES string of the molecule is O=C(NC[C@@H](c1ccco1)n1cccn1)[C@H]1COc2ccccc2O1. The van der Waals surface area contributed by atoms with E-state index < -0.39 is 6.10 Å². The third-order valence-electron chi connectivity index (χ3n) is 3.99. The Kier molecular flexibility index (Phi) is 4.12. The number of fused-ring (bicyclic) bond motifs is 1. The first-order valence-electron chi connectivity index (χ1n) is 8.00. The average Bonchev–Trinajstić information content (AvgIpc) is 3.36. The second kappa shape index (κ2) is 6.72. The summed E-state index contributed by atoms with van der Waals surface area (Å²) in [5.41, 5.74) is 0. The molecular weight excluding hydrogens is 322 g/mol. The first-order chi connectivity index (χ1) is 12.3. The van der Waals surface area contributed by atoms with Gasteiger partial charge in [-0.3, -0.25) is 9.48 Å². The number of hydrogen-bond donors (Lipinski definition) is 1. The Hall–Kier alpha value is -3.22. The third-order valence-corrected chi connectivity index (χ3v) is 3.99. The summed E-state index contributed by atoms with van der Waals surface area (Å²) in [5.74, 6) is 1.70. The lowest BCUT2D eigenvalue weighted by Crippen LogP contribution is -2.45. The van der Waals surface area contributed by atoms with Crippen molar-refractivity contribution < 1.29 is 18.7 Å². The molecule has 1 amide bonds. The number of para-hydroxylation sites is 2. The fourth-order valence-corrected chi connectivity index (χ4v) is 2.73. The molecule has 0 saturated carbocycles. The minimum absolute atomic E-state index is 0.177. The summed E-state index contributed by atoms with van der Waals surface area (Å²) >= 11 is 0. The van der Waals surface area contributed by atoms with Crippen LogP contribution in [0, 0.1) is 0 Å². The predicted molar refractivity (Wildman–Crippen MR) is 88.4 cm³/mol. The quantitative estimate of drug-likeness (QED) is 0.769. The van der Waals surface area contributed by atoms with Gasteiger partial charge in [0.15, 0.2) is 11.5 Å². The highest BCUT2D eigenvalue weighted by molar-refractivity contribution is 5.81. The van der Waals surface area contributed by atoms with Crippen LogP contribution in [0.5, 0.6) is 11.5 Å². The smallest absolute Gasteiger partial charge is 0.264 e. The van der Waals surface area contributed by atoms with Crippen molar-refractivity contribution in [3.8, 4) is 11.5 Å². The zero-order valence-corrected chi connectivity index (χ0v) is 13.4. The number of carbonyl (C=O) groups excluding carboxylic acids is 1. The van der Waals surface area contributed by atoms with E-state index in [1.54, 1.807) is 23.2 Å². The van der Waals surface area contributed by atoms with Gasteiger partial charge in [0.05, 0.1) is 6.26 Å². The van der Waals surface area contributed by atoms with Gasteiger partial charge in [-0.1, -0.05) is 12.1 Å². The molecule has 1 aromatic carbocycles. The van der Waals surface area contributed by atoms with E-state index in [0.29, 0.717) is 18.0 Å². The number of ether oxygens (including phenoxy) is 2. The zero-order chi connectivity index (χ0) is 17.1. The van der Waals surface area contributed by atoms with Crippen LogP contribution in [0.1, 0.15) is 11.8 Å². The van der Waals surface area contributed by atoms with Crippen LogP contribution in [0.3, 0.4) is 0 Å². The Bertz CT molecular complexity index is 796. The molecule has 0 aliphatic carbocycles. The number of rotatable bonds is 5. The Labute approximate surface area is 144 Å². The highest BCUT2D eigenvalue weighted by Crippen LogP contribution is 2.30. The summed E-state index contributed by atoms with van der Waals surface area (Å²) in [7, 11) is 0. The summed E-state index contributed by atoms with van der Waals surface area (Å²) in [4.78, 5) is 12.5. The molecule has 0 radical (unpaired) electrons. The van der Waals surface area contributed by atoms with E-state index in [2.05, 4.69) is 10.4 Å². The maximum atomic E-state index is 12.5. The van der Waals surface area contributed by atoms with Crippen LogP contribution >= 0.6 is 0 Å². The molecule has 0 fully saturated rings. The predicted octanol–water partition coefficient (Wildman–Crippen LogP) is 2.02. The van der Waals surface area contributed by atoms with Crippen LogP contribution in [0.2, 0.25) is 0 Å². The van der Waals surface area contributed by atoms with E-state index >= 15 is 0 Å². The molecule has 0 spiro atoms. The molecule has 0 unspecified atom stereocenters. The van der Waals surface area contributed by atoms with Gasteiger partial charge in [-0.05, 0) is 30.3 Å². The second-order valence-corrected chi connectivity index (χ2v) is 5.63. The number of hydrogen-bond acceptors (Lipinski definition) is 5. The molecule has 0 bridgehead atoms. The minimum atomic E-state index is -0.690. The Morgan fingerprint density at radius 2 is 2.12 bits per heavy atom. The average molecular weight is 339 g/mol. The molecule has 7 nitrogen and oxygen atoms in total. The van der Waals surface area contributed by atoms with Gasteiger partial charge < -0.3 is 19.2 Å². The van der Waals surface area contributed by atoms with E-state index in [-0.39, 0.29) is 18.6 Å². The lowest BCUT2D eigenvalue weighted by atomic mass is 10.2. The van der Waals surface area contributed by atoms with Crippen LogP contribution in [0.15, 0.2) is 65.5 Å². The second-order valence-electron chi connectivity index (χ2n) is 5.63. The van der Waals surface area contributed by atoms with Crippen molar-refractivity contribution in [2.45, 2.75) is 12.1 Å². The molecule has 0 saturated heterocycles. The van der Waals surface area contributed by atoms with E-state index in [1.165, 1.54) is 0 Å². The highest BCUT2D eigenvalue weighted by atomic mass is 16.6. The molecule has 1 N–H and O–H groups in total. The van der Waals surface area contributed by atoms with Crippen molar-refractivity contribution in [1.29, 1.82) is 0 Å². The molecule has 4 rings (SSSR count). The molecule has 25 heavy (non-hydrogen) atoms. The van der Waals surface area contributed by atoms with Crippen LogP contribution in [-0.4, -0.2) is 34.9 Å². The van der Waals surface area contributed by atoms with Gasteiger partial charge in [0, 0.05) is 18.9 Å².